The Labute approximate surface area is 94.4 Å². The van der Waals surface area contributed by atoms with E-state index in [0.717, 1.165) is 6.04 Å². The predicted molar refractivity (Wildman–Crippen MR) is 65.2 cm³/mol. The molecule has 1 saturated heterocycles. The lowest BCUT2D eigenvalue weighted by Gasteiger charge is -2.26. The minimum atomic E-state index is 0.853. The van der Waals surface area contributed by atoms with Gasteiger partial charge in [-0.05, 0) is 58.3 Å². The van der Waals surface area contributed by atoms with Crippen molar-refractivity contribution in [1.29, 1.82) is 0 Å². The molecule has 2 rings (SSSR count). The number of rotatable bonds is 5. The quantitative estimate of drug-likeness (QED) is 0.701. The van der Waals surface area contributed by atoms with Crippen molar-refractivity contribution in [2.75, 3.05) is 26.2 Å². The molecule has 0 bridgehead atoms. The van der Waals surface area contributed by atoms with Crippen LogP contribution in [-0.2, 0) is 0 Å². The Morgan fingerprint density at radius 3 is 2.40 bits per heavy atom. The third kappa shape index (κ3) is 4.12. The molecule has 0 unspecified atom stereocenters. The second kappa shape index (κ2) is 6.49. The molecule has 0 atom stereocenters. The van der Waals surface area contributed by atoms with Crippen molar-refractivity contribution in [1.82, 2.24) is 10.2 Å². The van der Waals surface area contributed by atoms with E-state index in [4.69, 9.17) is 0 Å². The van der Waals surface area contributed by atoms with Gasteiger partial charge in [0.25, 0.3) is 0 Å². The summed E-state index contributed by atoms with van der Waals surface area (Å²) >= 11 is 0. The predicted octanol–water partition coefficient (Wildman–Crippen LogP) is 2.39. The SMILES string of the molecule is C1CCN(CCCNC2CCCC2)CC1. The molecule has 0 aromatic carbocycles. The van der Waals surface area contributed by atoms with Crippen LogP contribution in [0.1, 0.15) is 51.4 Å². The van der Waals surface area contributed by atoms with Crippen LogP contribution in [0.3, 0.4) is 0 Å². The first kappa shape index (κ1) is 11.4. The molecule has 2 fully saturated rings. The molecule has 2 nitrogen and oxygen atoms in total. The van der Waals surface area contributed by atoms with E-state index >= 15 is 0 Å². The fourth-order valence-corrected chi connectivity index (χ4v) is 2.92. The molecule has 1 saturated carbocycles. The first-order valence-electron chi connectivity index (χ1n) is 6.91. The van der Waals surface area contributed by atoms with Crippen LogP contribution in [0.5, 0.6) is 0 Å². The van der Waals surface area contributed by atoms with E-state index in [-0.39, 0.29) is 0 Å². The molecule has 0 amide bonds. The number of hydrogen-bond donors (Lipinski definition) is 1. The third-order valence-corrected chi connectivity index (χ3v) is 3.89. The Morgan fingerprint density at radius 1 is 0.933 bits per heavy atom. The van der Waals surface area contributed by atoms with Gasteiger partial charge in [0, 0.05) is 6.04 Å². The van der Waals surface area contributed by atoms with Crippen molar-refractivity contribution in [3.63, 3.8) is 0 Å². The average Bonchev–Trinajstić information content (AvgIpc) is 2.79. The zero-order chi connectivity index (χ0) is 10.3. The second-order valence-corrected chi connectivity index (χ2v) is 5.19. The lowest BCUT2D eigenvalue weighted by atomic mass is 10.1. The monoisotopic (exact) mass is 210 g/mol. The normalized spacial score (nSPS) is 24.8. The molecule has 15 heavy (non-hydrogen) atoms. The largest absolute Gasteiger partial charge is 0.314 e. The summed E-state index contributed by atoms with van der Waals surface area (Å²) < 4.78 is 0. The second-order valence-electron chi connectivity index (χ2n) is 5.19. The lowest BCUT2D eigenvalue weighted by molar-refractivity contribution is 0.225. The Balaban J connectivity index is 1.47. The van der Waals surface area contributed by atoms with E-state index < -0.39 is 0 Å². The van der Waals surface area contributed by atoms with Crippen LogP contribution >= 0.6 is 0 Å². The van der Waals surface area contributed by atoms with Crippen LogP contribution in [0.15, 0.2) is 0 Å². The zero-order valence-electron chi connectivity index (χ0n) is 10.0. The number of piperidine rings is 1. The van der Waals surface area contributed by atoms with Crippen LogP contribution in [0.25, 0.3) is 0 Å². The van der Waals surface area contributed by atoms with Crippen molar-refractivity contribution < 1.29 is 0 Å². The van der Waals surface area contributed by atoms with Crippen molar-refractivity contribution >= 4 is 0 Å². The summed E-state index contributed by atoms with van der Waals surface area (Å²) in [6, 6.07) is 0.853. The van der Waals surface area contributed by atoms with Gasteiger partial charge in [-0.2, -0.15) is 0 Å². The summed E-state index contributed by atoms with van der Waals surface area (Å²) in [5.74, 6) is 0. The van der Waals surface area contributed by atoms with Gasteiger partial charge in [-0.1, -0.05) is 19.3 Å². The van der Waals surface area contributed by atoms with Gasteiger partial charge in [0.15, 0.2) is 0 Å². The zero-order valence-corrected chi connectivity index (χ0v) is 10.0. The number of hydrogen-bond acceptors (Lipinski definition) is 2. The summed E-state index contributed by atoms with van der Waals surface area (Å²) in [4.78, 5) is 2.64. The average molecular weight is 210 g/mol. The Hall–Kier alpha value is -0.0800. The third-order valence-electron chi connectivity index (χ3n) is 3.89. The van der Waals surface area contributed by atoms with Gasteiger partial charge in [0.2, 0.25) is 0 Å². The maximum Gasteiger partial charge on any atom is 0.00670 e. The van der Waals surface area contributed by atoms with Gasteiger partial charge in [-0.25, -0.2) is 0 Å². The van der Waals surface area contributed by atoms with E-state index in [1.807, 2.05) is 0 Å². The molecule has 0 spiro atoms. The van der Waals surface area contributed by atoms with Crippen LogP contribution in [0.4, 0.5) is 0 Å². The fourth-order valence-electron chi connectivity index (χ4n) is 2.92. The molecular weight excluding hydrogens is 184 g/mol. The Morgan fingerprint density at radius 2 is 1.67 bits per heavy atom. The van der Waals surface area contributed by atoms with E-state index in [0.29, 0.717) is 0 Å². The molecule has 0 radical (unpaired) electrons. The Kier molecular flexibility index (Phi) is 4.94. The summed E-state index contributed by atoms with van der Waals surface area (Å²) in [6.07, 6.45) is 11.4. The molecule has 0 aromatic heterocycles. The molecule has 1 aliphatic heterocycles. The minimum Gasteiger partial charge on any atom is -0.314 e. The van der Waals surface area contributed by atoms with Gasteiger partial charge >= 0.3 is 0 Å². The van der Waals surface area contributed by atoms with Gasteiger partial charge in [-0.3, -0.25) is 0 Å². The molecule has 1 aliphatic carbocycles. The van der Waals surface area contributed by atoms with E-state index in [2.05, 4.69) is 10.2 Å². The van der Waals surface area contributed by atoms with E-state index in [1.54, 1.807) is 0 Å². The highest BCUT2D eigenvalue weighted by atomic mass is 15.1. The maximum absolute atomic E-state index is 3.69. The molecular formula is C13H26N2. The molecule has 2 heteroatoms. The van der Waals surface area contributed by atoms with E-state index in [1.165, 1.54) is 77.5 Å². The van der Waals surface area contributed by atoms with E-state index in [9.17, 15) is 0 Å². The maximum atomic E-state index is 3.69. The fraction of sp³-hybridized carbons (Fsp3) is 1.00. The van der Waals surface area contributed by atoms with Crippen molar-refractivity contribution in [2.45, 2.75) is 57.4 Å². The highest BCUT2D eigenvalue weighted by molar-refractivity contribution is 4.73. The minimum absolute atomic E-state index is 0.853. The van der Waals surface area contributed by atoms with Gasteiger partial charge < -0.3 is 10.2 Å². The summed E-state index contributed by atoms with van der Waals surface area (Å²) in [6.45, 7) is 5.26. The van der Waals surface area contributed by atoms with Crippen LogP contribution in [0, 0.1) is 0 Å². The smallest absolute Gasteiger partial charge is 0.00670 e. The van der Waals surface area contributed by atoms with Crippen LogP contribution in [0.2, 0.25) is 0 Å². The summed E-state index contributed by atoms with van der Waals surface area (Å²) in [7, 11) is 0. The topological polar surface area (TPSA) is 15.3 Å². The first-order valence-corrected chi connectivity index (χ1v) is 6.91. The van der Waals surface area contributed by atoms with Crippen LogP contribution in [-0.4, -0.2) is 37.1 Å². The highest BCUT2D eigenvalue weighted by Gasteiger charge is 2.14. The first-order chi connectivity index (χ1) is 7.45. The van der Waals surface area contributed by atoms with Crippen molar-refractivity contribution in [3.8, 4) is 0 Å². The highest BCUT2D eigenvalue weighted by Crippen LogP contribution is 2.17. The molecule has 88 valence electrons. The lowest BCUT2D eigenvalue weighted by Crippen LogP contribution is -2.34. The summed E-state index contributed by atoms with van der Waals surface area (Å²) in [5, 5.41) is 3.69. The Bertz CT molecular complexity index is 158. The molecule has 0 aromatic rings. The van der Waals surface area contributed by atoms with Gasteiger partial charge in [0.1, 0.15) is 0 Å². The van der Waals surface area contributed by atoms with Crippen molar-refractivity contribution in [3.05, 3.63) is 0 Å². The number of nitrogens with one attached hydrogen (secondary N) is 1. The molecule has 1 N–H and O–H groups in total. The number of nitrogens with zero attached hydrogens (tertiary/aromatic N) is 1. The standard InChI is InChI=1S/C13H26N2/c1-4-10-15(11-5-1)12-6-9-14-13-7-2-3-8-13/h13-14H,1-12H2. The van der Waals surface area contributed by atoms with Gasteiger partial charge in [-0.15, -0.1) is 0 Å². The molecule has 1 heterocycles. The summed E-state index contributed by atoms with van der Waals surface area (Å²) in [5.41, 5.74) is 0. The van der Waals surface area contributed by atoms with Crippen molar-refractivity contribution in [2.24, 2.45) is 0 Å². The van der Waals surface area contributed by atoms with Crippen LogP contribution < -0.4 is 5.32 Å². The number of likely N-dealkylation sites (tertiary alicyclic amines) is 1. The van der Waals surface area contributed by atoms with Gasteiger partial charge in [0.05, 0.1) is 0 Å². The molecule has 2 aliphatic rings.